The lowest BCUT2D eigenvalue weighted by atomic mass is 9.93. The minimum absolute atomic E-state index is 0.0243. The van der Waals surface area contributed by atoms with Gasteiger partial charge in [-0.1, -0.05) is 39.0 Å². The third-order valence-electron chi connectivity index (χ3n) is 4.96. The number of carbonyl (C=O) groups is 3. The Morgan fingerprint density at radius 3 is 2.59 bits per heavy atom. The third kappa shape index (κ3) is 6.08. The van der Waals surface area contributed by atoms with Crippen molar-refractivity contribution < 1.29 is 19.5 Å². The number of carboxylic acid groups (broad SMARTS) is 1. The van der Waals surface area contributed by atoms with Crippen LogP contribution in [0.4, 0.5) is 0 Å². The molecule has 0 saturated carbocycles. The highest BCUT2D eigenvalue weighted by molar-refractivity contribution is 5.89. The van der Waals surface area contributed by atoms with Gasteiger partial charge in [-0.2, -0.15) is 0 Å². The number of benzene rings is 1. The van der Waals surface area contributed by atoms with Crippen LogP contribution in [0.15, 0.2) is 24.3 Å². The molecule has 1 aliphatic heterocycles. The van der Waals surface area contributed by atoms with Gasteiger partial charge in [0, 0.05) is 31.5 Å². The lowest BCUT2D eigenvalue weighted by molar-refractivity contribution is -0.133. The second-order valence-electron chi connectivity index (χ2n) is 8.27. The van der Waals surface area contributed by atoms with Crippen LogP contribution >= 0.6 is 0 Å². The molecule has 1 aliphatic rings. The summed E-state index contributed by atoms with van der Waals surface area (Å²) in [5.74, 6) is -0.635. The first-order valence-corrected chi connectivity index (χ1v) is 9.55. The van der Waals surface area contributed by atoms with Gasteiger partial charge in [-0.15, -0.1) is 0 Å². The molecule has 1 heterocycles. The maximum absolute atomic E-state index is 12.6. The van der Waals surface area contributed by atoms with Gasteiger partial charge < -0.3 is 15.3 Å². The zero-order valence-electron chi connectivity index (χ0n) is 16.5. The summed E-state index contributed by atoms with van der Waals surface area (Å²) < 4.78 is 0. The van der Waals surface area contributed by atoms with Crippen molar-refractivity contribution in [1.82, 2.24) is 10.2 Å². The fourth-order valence-corrected chi connectivity index (χ4v) is 3.31. The van der Waals surface area contributed by atoms with E-state index < -0.39 is 11.4 Å². The summed E-state index contributed by atoms with van der Waals surface area (Å²) in [6.45, 7) is 7.60. The maximum atomic E-state index is 12.6. The summed E-state index contributed by atoms with van der Waals surface area (Å²) in [6.07, 6.45) is 2.64. The van der Waals surface area contributed by atoms with Gasteiger partial charge in [-0.05, 0) is 36.8 Å². The van der Waals surface area contributed by atoms with Crippen molar-refractivity contribution in [1.29, 1.82) is 0 Å². The second kappa shape index (κ2) is 9.02. The molecule has 2 rings (SSSR count). The van der Waals surface area contributed by atoms with Crippen molar-refractivity contribution in [2.24, 2.45) is 11.3 Å². The molecule has 1 fully saturated rings. The minimum Gasteiger partial charge on any atom is -0.478 e. The Hall–Kier alpha value is -2.37. The maximum Gasteiger partial charge on any atom is 0.335 e. The van der Waals surface area contributed by atoms with Gasteiger partial charge in [0.25, 0.3) is 0 Å². The standard InChI is InChI=1S/C21H30N2O4/c1-21(2,3)20(27)22-13-15-7-6-12-23(14-15)18(24)11-10-16-8-4-5-9-17(16)19(25)26/h4-5,8-9,15H,6-7,10-14H2,1-3H3,(H,22,27)(H,25,26). The molecule has 6 heteroatoms. The first kappa shape index (κ1) is 20.9. The molecular weight excluding hydrogens is 344 g/mol. The number of nitrogens with one attached hydrogen (secondary N) is 1. The molecule has 2 amide bonds. The Kier molecular flexibility index (Phi) is 6.99. The molecule has 0 bridgehead atoms. The molecule has 0 aromatic heterocycles. The molecule has 0 aliphatic carbocycles. The summed E-state index contributed by atoms with van der Waals surface area (Å²) in [6, 6.07) is 6.81. The van der Waals surface area contributed by atoms with E-state index >= 15 is 0 Å². The number of aryl methyl sites for hydroxylation is 1. The zero-order valence-corrected chi connectivity index (χ0v) is 16.5. The van der Waals surface area contributed by atoms with Crippen molar-refractivity contribution in [2.45, 2.75) is 46.5 Å². The van der Waals surface area contributed by atoms with Crippen LogP contribution in [0.3, 0.4) is 0 Å². The molecule has 1 aromatic rings. The topological polar surface area (TPSA) is 86.7 Å². The molecule has 148 valence electrons. The number of carboxylic acids is 1. The Balaban J connectivity index is 1.86. The van der Waals surface area contributed by atoms with Crippen LogP contribution in [0, 0.1) is 11.3 Å². The smallest absolute Gasteiger partial charge is 0.335 e. The quantitative estimate of drug-likeness (QED) is 0.801. The third-order valence-corrected chi connectivity index (χ3v) is 4.96. The molecule has 1 unspecified atom stereocenters. The number of hydrogen-bond donors (Lipinski definition) is 2. The molecule has 0 radical (unpaired) electrons. The molecule has 0 spiro atoms. The van der Waals surface area contributed by atoms with E-state index in [2.05, 4.69) is 5.32 Å². The van der Waals surface area contributed by atoms with Crippen molar-refractivity contribution >= 4 is 17.8 Å². The highest BCUT2D eigenvalue weighted by Crippen LogP contribution is 2.19. The van der Waals surface area contributed by atoms with Crippen LogP contribution in [0.5, 0.6) is 0 Å². The van der Waals surface area contributed by atoms with Gasteiger partial charge in [-0.3, -0.25) is 9.59 Å². The largest absolute Gasteiger partial charge is 0.478 e. The van der Waals surface area contributed by atoms with Crippen LogP contribution in [-0.2, 0) is 16.0 Å². The summed E-state index contributed by atoms with van der Waals surface area (Å²) >= 11 is 0. The van der Waals surface area contributed by atoms with Crippen molar-refractivity contribution in [3.63, 3.8) is 0 Å². The highest BCUT2D eigenvalue weighted by atomic mass is 16.4. The molecular formula is C21H30N2O4. The monoisotopic (exact) mass is 374 g/mol. The van der Waals surface area contributed by atoms with Gasteiger partial charge in [0.15, 0.2) is 0 Å². The summed E-state index contributed by atoms with van der Waals surface area (Å²) in [4.78, 5) is 37.7. The molecule has 2 N–H and O–H groups in total. The summed E-state index contributed by atoms with van der Waals surface area (Å²) in [7, 11) is 0. The van der Waals surface area contributed by atoms with Crippen molar-refractivity contribution in [2.75, 3.05) is 19.6 Å². The van der Waals surface area contributed by atoms with E-state index in [1.54, 1.807) is 24.3 Å². The Labute approximate surface area is 160 Å². The fraction of sp³-hybridized carbons (Fsp3) is 0.571. The molecule has 1 aromatic carbocycles. The van der Waals surface area contributed by atoms with Crippen molar-refractivity contribution in [3.8, 4) is 0 Å². The fourth-order valence-electron chi connectivity index (χ4n) is 3.31. The molecule has 6 nitrogen and oxygen atoms in total. The second-order valence-corrected chi connectivity index (χ2v) is 8.27. The normalized spacial score (nSPS) is 17.4. The van der Waals surface area contributed by atoms with Crippen molar-refractivity contribution in [3.05, 3.63) is 35.4 Å². The number of hydrogen-bond acceptors (Lipinski definition) is 3. The van der Waals surface area contributed by atoms with E-state index in [9.17, 15) is 19.5 Å². The average Bonchev–Trinajstić information content (AvgIpc) is 2.63. The number of amides is 2. The molecule has 1 saturated heterocycles. The van der Waals surface area contributed by atoms with Gasteiger partial charge in [-0.25, -0.2) is 4.79 Å². The number of aromatic carboxylic acids is 1. The van der Waals surface area contributed by atoms with Crippen LogP contribution in [0.25, 0.3) is 0 Å². The van der Waals surface area contributed by atoms with E-state index in [1.807, 2.05) is 25.7 Å². The van der Waals surface area contributed by atoms with E-state index in [4.69, 9.17) is 0 Å². The number of rotatable bonds is 6. The summed E-state index contributed by atoms with van der Waals surface area (Å²) in [5, 5.41) is 12.2. The van der Waals surface area contributed by atoms with Crippen LogP contribution in [0.1, 0.15) is 56.0 Å². The number of carbonyl (C=O) groups excluding carboxylic acids is 2. The lowest BCUT2D eigenvalue weighted by Gasteiger charge is -2.33. The van der Waals surface area contributed by atoms with Gasteiger partial charge in [0.2, 0.25) is 11.8 Å². The predicted octanol–water partition coefficient (Wildman–Crippen LogP) is 2.72. The van der Waals surface area contributed by atoms with Crippen LogP contribution in [0.2, 0.25) is 0 Å². The number of piperidine rings is 1. The van der Waals surface area contributed by atoms with E-state index in [-0.39, 0.29) is 23.3 Å². The summed E-state index contributed by atoms with van der Waals surface area (Å²) in [5.41, 5.74) is 0.526. The Morgan fingerprint density at radius 1 is 1.22 bits per heavy atom. The lowest BCUT2D eigenvalue weighted by Crippen LogP contribution is -2.45. The van der Waals surface area contributed by atoms with Crippen LogP contribution < -0.4 is 5.32 Å². The van der Waals surface area contributed by atoms with E-state index in [0.717, 1.165) is 19.4 Å². The van der Waals surface area contributed by atoms with E-state index in [1.165, 1.54) is 0 Å². The van der Waals surface area contributed by atoms with Crippen LogP contribution in [-0.4, -0.2) is 47.4 Å². The highest BCUT2D eigenvalue weighted by Gasteiger charge is 2.26. The molecule has 27 heavy (non-hydrogen) atoms. The average molecular weight is 374 g/mol. The zero-order chi connectivity index (χ0) is 20.0. The first-order valence-electron chi connectivity index (χ1n) is 9.55. The SMILES string of the molecule is CC(C)(C)C(=O)NCC1CCCN(C(=O)CCc2ccccc2C(=O)O)C1. The first-order chi connectivity index (χ1) is 12.7. The van der Waals surface area contributed by atoms with Gasteiger partial charge >= 0.3 is 5.97 Å². The predicted molar refractivity (Wildman–Crippen MR) is 103 cm³/mol. The minimum atomic E-state index is -0.967. The molecule has 1 atom stereocenters. The van der Waals surface area contributed by atoms with E-state index in [0.29, 0.717) is 31.5 Å². The Bertz CT molecular complexity index is 694. The number of likely N-dealkylation sites (tertiary alicyclic amines) is 1. The number of nitrogens with zero attached hydrogens (tertiary/aromatic N) is 1. The Morgan fingerprint density at radius 2 is 1.93 bits per heavy atom. The van der Waals surface area contributed by atoms with Gasteiger partial charge in [0.05, 0.1) is 5.56 Å². The van der Waals surface area contributed by atoms with Gasteiger partial charge in [0.1, 0.15) is 0 Å².